The minimum Gasteiger partial charge on any atom is -0.490 e. The zero-order valence-corrected chi connectivity index (χ0v) is 26.2. The molecule has 242 valence electrons. The number of rotatable bonds is 12. The van der Waals surface area contributed by atoms with Crippen LogP contribution in [-0.2, 0) is 16.0 Å². The molecule has 3 aromatic rings. The third-order valence-electron chi connectivity index (χ3n) is 7.47. The fraction of sp³-hybridized carbons (Fsp3) is 0.500. The van der Waals surface area contributed by atoms with E-state index < -0.39 is 17.5 Å². The molecule has 0 bridgehead atoms. The van der Waals surface area contributed by atoms with Gasteiger partial charge in [0.2, 0.25) is 5.88 Å². The van der Waals surface area contributed by atoms with Crippen molar-refractivity contribution in [2.45, 2.75) is 58.3 Å². The molecular formula is C32H41FN6O6. The highest BCUT2D eigenvalue weighted by molar-refractivity contribution is 5.91. The van der Waals surface area contributed by atoms with Gasteiger partial charge in [-0.15, -0.1) is 0 Å². The van der Waals surface area contributed by atoms with Crippen molar-refractivity contribution in [3.8, 4) is 11.6 Å². The zero-order chi connectivity index (χ0) is 32.0. The summed E-state index contributed by atoms with van der Waals surface area (Å²) in [7, 11) is 1.51. The Morgan fingerprint density at radius 3 is 2.84 bits per heavy atom. The molecule has 2 amide bonds. The van der Waals surface area contributed by atoms with Crippen LogP contribution in [0.2, 0.25) is 0 Å². The van der Waals surface area contributed by atoms with Gasteiger partial charge in [-0.3, -0.25) is 14.8 Å². The molecule has 2 aromatic heterocycles. The number of cyclic esters (lactones) is 1. The molecule has 4 heterocycles. The number of hydrogen-bond donors (Lipinski definition) is 2. The SMILES string of the molecule is COc1ccc2ncc(F)c(CN(CCCNC(=O)OC(C)(C)C)CCCC3CN(c4ccc5c(c4)NCCO5)C(=O)O3)c2n1. The van der Waals surface area contributed by atoms with Crippen LogP contribution in [0, 0.1) is 5.82 Å². The predicted molar refractivity (Wildman–Crippen MR) is 167 cm³/mol. The van der Waals surface area contributed by atoms with Crippen LogP contribution in [0.3, 0.4) is 0 Å². The standard InChI is InChI=1S/C32H41FN6O6/c1-32(2,3)45-30(40)35-12-6-15-38(20-23-24(33)18-36-25-9-11-28(42-4)37-29(23)25)14-5-7-22-19-39(31(41)44-22)21-8-10-27-26(17-21)34-13-16-43-27/h8-11,17-18,22,34H,5-7,12-16,19-20H2,1-4H3,(H,35,40). The van der Waals surface area contributed by atoms with Gasteiger partial charge in [0.05, 0.1) is 31.1 Å². The Morgan fingerprint density at radius 1 is 1.22 bits per heavy atom. The number of alkyl carbamates (subject to hydrolysis) is 1. The van der Waals surface area contributed by atoms with Gasteiger partial charge in [-0.2, -0.15) is 0 Å². The molecule has 1 atom stereocenters. The van der Waals surface area contributed by atoms with Gasteiger partial charge in [-0.1, -0.05) is 0 Å². The third kappa shape index (κ3) is 8.41. The molecule has 13 heteroatoms. The number of methoxy groups -OCH3 is 1. The van der Waals surface area contributed by atoms with Gasteiger partial charge < -0.3 is 29.6 Å². The second-order valence-electron chi connectivity index (χ2n) is 12.1. The molecule has 45 heavy (non-hydrogen) atoms. The Labute approximate surface area is 262 Å². The molecule has 2 N–H and O–H groups in total. The molecule has 1 saturated heterocycles. The summed E-state index contributed by atoms with van der Waals surface area (Å²) >= 11 is 0. The van der Waals surface area contributed by atoms with Gasteiger partial charge in [-0.25, -0.2) is 19.0 Å². The minimum absolute atomic E-state index is 0.276. The maximum absolute atomic E-state index is 15.2. The van der Waals surface area contributed by atoms with Gasteiger partial charge in [0.15, 0.2) is 0 Å². The molecule has 2 aliphatic rings. The molecule has 2 aliphatic heterocycles. The number of nitrogens with one attached hydrogen (secondary N) is 2. The van der Waals surface area contributed by atoms with E-state index in [0.717, 1.165) is 17.1 Å². The van der Waals surface area contributed by atoms with Crippen LogP contribution in [0.1, 0.15) is 45.6 Å². The normalized spacial score (nSPS) is 16.2. The number of benzene rings is 1. The number of aromatic nitrogens is 2. The van der Waals surface area contributed by atoms with Crippen molar-refractivity contribution in [1.29, 1.82) is 0 Å². The second-order valence-corrected chi connectivity index (χ2v) is 12.1. The number of fused-ring (bicyclic) bond motifs is 2. The highest BCUT2D eigenvalue weighted by atomic mass is 19.1. The first-order valence-electron chi connectivity index (χ1n) is 15.3. The van der Waals surface area contributed by atoms with E-state index in [-0.39, 0.29) is 18.7 Å². The van der Waals surface area contributed by atoms with E-state index in [9.17, 15) is 9.59 Å². The quantitative estimate of drug-likeness (QED) is 0.263. The molecule has 5 rings (SSSR count). The molecule has 1 fully saturated rings. The number of carbonyl (C=O) groups is 2. The Hall–Kier alpha value is -4.39. The summed E-state index contributed by atoms with van der Waals surface area (Å²) in [4.78, 5) is 37.3. The van der Waals surface area contributed by atoms with Crippen LogP contribution in [-0.4, -0.2) is 85.2 Å². The summed E-state index contributed by atoms with van der Waals surface area (Å²) in [5, 5.41) is 6.08. The fourth-order valence-corrected chi connectivity index (χ4v) is 5.36. The van der Waals surface area contributed by atoms with Gasteiger partial charge in [0, 0.05) is 43.5 Å². The Kier molecular flexibility index (Phi) is 10.1. The molecule has 1 unspecified atom stereocenters. The van der Waals surface area contributed by atoms with E-state index in [1.807, 2.05) is 39.0 Å². The summed E-state index contributed by atoms with van der Waals surface area (Å²) in [6, 6.07) is 9.07. The first kappa shape index (κ1) is 32.0. The lowest BCUT2D eigenvalue weighted by atomic mass is 10.1. The molecule has 0 saturated carbocycles. The van der Waals surface area contributed by atoms with Crippen LogP contribution >= 0.6 is 0 Å². The Balaban J connectivity index is 1.22. The molecule has 1 aromatic carbocycles. The fourth-order valence-electron chi connectivity index (χ4n) is 5.36. The van der Waals surface area contributed by atoms with Gasteiger partial charge in [-0.05, 0) is 70.8 Å². The van der Waals surface area contributed by atoms with E-state index >= 15 is 4.39 Å². The van der Waals surface area contributed by atoms with Crippen molar-refractivity contribution in [2.75, 3.05) is 56.7 Å². The maximum atomic E-state index is 15.2. The van der Waals surface area contributed by atoms with E-state index in [1.54, 1.807) is 17.0 Å². The summed E-state index contributed by atoms with van der Waals surface area (Å²) < 4.78 is 37.1. The molecule has 0 aliphatic carbocycles. The number of hydrogen-bond acceptors (Lipinski definition) is 10. The van der Waals surface area contributed by atoms with E-state index in [0.29, 0.717) is 81.1 Å². The van der Waals surface area contributed by atoms with Crippen LogP contribution in [0.15, 0.2) is 36.5 Å². The molecular weight excluding hydrogens is 583 g/mol. The zero-order valence-electron chi connectivity index (χ0n) is 26.2. The Bertz CT molecular complexity index is 1520. The number of pyridine rings is 2. The maximum Gasteiger partial charge on any atom is 0.414 e. The lowest BCUT2D eigenvalue weighted by molar-refractivity contribution is 0.0525. The largest absolute Gasteiger partial charge is 0.490 e. The minimum atomic E-state index is -0.589. The smallest absolute Gasteiger partial charge is 0.414 e. The lowest BCUT2D eigenvalue weighted by Gasteiger charge is -2.24. The highest BCUT2D eigenvalue weighted by Crippen LogP contribution is 2.33. The van der Waals surface area contributed by atoms with Gasteiger partial charge in [0.25, 0.3) is 0 Å². The molecule has 0 spiro atoms. The van der Waals surface area contributed by atoms with Gasteiger partial charge in [0.1, 0.15) is 35.4 Å². The van der Waals surface area contributed by atoms with Crippen molar-refractivity contribution in [1.82, 2.24) is 20.2 Å². The summed E-state index contributed by atoms with van der Waals surface area (Å²) in [5.74, 6) is 0.687. The number of ether oxygens (including phenoxy) is 4. The second kappa shape index (κ2) is 14.1. The third-order valence-corrected chi connectivity index (χ3v) is 7.47. The van der Waals surface area contributed by atoms with Crippen molar-refractivity contribution in [3.05, 3.63) is 47.9 Å². The first-order valence-corrected chi connectivity index (χ1v) is 15.3. The van der Waals surface area contributed by atoms with Crippen LogP contribution in [0.25, 0.3) is 11.0 Å². The van der Waals surface area contributed by atoms with Crippen LogP contribution in [0.4, 0.5) is 25.4 Å². The van der Waals surface area contributed by atoms with Crippen molar-refractivity contribution < 1.29 is 32.9 Å². The van der Waals surface area contributed by atoms with E-state index in [4.69, 9.17) is 18.9 Å². The first-order chi connectivity index (χ1) is 21.6. The highest BCUT2D eigenvalue weighted by Gasteiger charge is 2.32. The molecule has 12 nitrogen and oxygen atoms in total. The summed E-state index contributed by atoms with van der Waals surface area (Å²) in [6.07, 6.45) is 2.02. The monoisotopic (exact) mass is 624 g/mol. The average molecular weight is 625 g/mol. The van der Waals surface area contributed by atoms with Crippen molar-refractivity contribution in [2.24, 2.45) is 0 Å². The molecule has 0 radical (unpaired) electrons. The number of carbonyl (C=O) groups excluding carboxylic acids is 2. The van der Waals surface area contributed by atoms with Crippen LogP contribution < -0.4 is 25.0 Å². The average Bonchev–Trinajstić information content (AvgIpc) is 3.38. The van der Waals surface area contributed by atoms with Crippen molar-refractivity contribution in [3.63, 3.8) is 0 Å². The van der Waals surface area contributed by atoms with Crippen molar-refractivity contribution >= 4 is 34.6 Å². The summed E-state index contributed by atoms with van der Waals surface area (Å²) in [5.41, 5.74) is 2.45. The topological polar surface area (TPSA) is 127 Å². The number of amides is 2. The van der Waals surface area contributed by atoms with Crippen LogP contribution in [0.5, 0.6) is 11.6 Å². The lowest BCUT2D eigenvalue weighted by Crippen LogP contribution is -2.35. The van der Waals surface area contributed by atoms with Gasteiger partial charge >= 0.3 is 12.2 Å². The number of halogens is 1. The van der Waals surface area contributed by atoms with E-state index in [1.165, 1.54) is 13.3 Å². The predicted octanol–water partition coefficient (Wildman–Crippen LogP) is 5.10. The summed E-state index contributed by atoms with van der Waals surface area (Å²) in [6.45, 7) is 9.03. The Morgan fingerprint density at radius 2 is 2.04 bits per heavy atom. The number of nitrogens with zero attached hydrogens (tertiary/aromatic N) is 4. The van der Waals surface area contributed by atoms with E-state index in [2.05, 4.69) is 25.5 Å². The number of anilines is 2.